The minimum absolute atomic E-state index is 0.0723. The van der Waals surface area contributed by atoms with Gasteiger partial charge in [0.15, 0.2) is 5.78 Å². The lowest BCUT2D eigenvalue weighted by atomic mass is 9.97. The smallest absolute Gasteiger partial charge is 0.298 e. The van der Waals surface area contributed by atoms with Gasteiger partial charge in [0.25, 0.3) is 0 Å². The van der Waals surface area contributed by atoms with Gasteiger partial charge in [-0.15, -0.1) is 0 Å². The Balaban J connectivity index is 3.52. The minimum Gasteiger partial charge on any atom is -0.298 e. The lowest BCUT2D eigenvalue weighted by Gasteiger charge is -2.11. The predicted octanol–water partition coefficient (Wildman–Crippen LogP) is 3.03. The molecular weight excluding hydrogens is 221 g/mol. The topological polar surface area (TPSA) is 34.1 Å². The fourth-order valence-electron chi connectivity index (χ4n) is 1.39. The molecular formula is C11H9F3O2. The van der Waals surface area contributed by atoms with Crippen molar-refractivity contribution in [3.8, 4) is 0 Å². The van der Waals surface area contributed by atoms with E-state index in [9.17, 15) is 22.8 Å². The van der Waals surface area contributed by atoms with Gasteiger partial charge in [0, 0.05) is 11.1 Å². The maximum atomic E-state index is 12.5. The average molecular weight is 230 g/mol. The number of hydrogen-bond acceptors (Lipinski definition) is 2. The van der Waals surface area contributed by atoms with Crippen LogP contribution in [0, 0.1) is 6.92 Å². The lowest BCUT2D eigenvalue weighted by Crippen LogP contribution is -2.10. The van der Waals surface area contributed by atoms with Crippen molar-refractivity contribution in [2.75, 3.05) is 0 Å². The summed E-state index contributed by atoms with van der Waals surface area (Å²) in [6.45, 7) is 2.61. The van der Waals surface area contributed by atoms with E-state index in [-0.39, 0.29) is 16.7 Å². The molecule has 0 aliphatic carbocycles. The summed E-state index contributed by atoms with van der Waals surface area (Å²) in [6.07, 6.45) is -4.24. The number of rotatable bonds is 2. The number of ketones is 1. The molecule has 0 aromatic heterocycles. The van der Waals surface area contributed by atoms with Crippen LogP contribution in [0.4, 0.5) is 13.2 Å². The third-order valence-electron chi connectivity index (χ3n) is 2.28. The van der Waals surface area contributed by atoms with E-state index >= 15 is 0 Å². The Morgan fingerprint density at radius 2 is 1.88 bits per heavy atom. The molecule has 0 saturated carbocycles. The molecule has 0 spiro atoms. The van der Waals surface area contributed by atoms with Crippen molar-refractivity contribution in [3.05, 3.63) is 34.4 Å². The molecule has 1 aromatic carbocycles. The standard InChI is InChI=1S/C11H9F3O2/c1-6-8(5-15)3-9(11(12,13)14)4-10(6)7(2)16/h3-5H,1-2H3. The zero-order valence-electron chi connectivity index (χ0n) is 8.68. The summed E-state index contributed by atoms with van der Waals surface area (Å²) in [4.78, 5) is 21.7. The van der Waals surface area contributed by atoms with Gasteiger partial charge in [0.2, 0.25) is 0 Å². The number of hydrogen-bond donors (Lipinski definition) is 0. The van der Waals surface area contributed by atoms with Crippen molar-refractivity contribution in [1.82, 2.24) is 0 Å². The first-order valence-electron chi connectivity index (χ1n) is 4.45. The summed E-state index contributed by atoms with van der Waals surface area (Å²) in [7, 11) is 0. The van der Waals surface area contributed by atoms with E-state index in [0.717, 1.165) is 19.1 Å². The van der Waals surface area contributed by atoms with E-state index in [0.29, 0.717) is 6.29 Å². The fraction of sp³-hybridized carbons (Fsp3) is 0.273. The molecule has 0 radical (unpaired) electrons. The zero-order chi connectivity index (χ0) is 12.5. The molecule has 5 heteroatoms. The van der Waals surface area contributed by atoms with Crippen molar-refractivity contribution in [1.29, 1.82) is 0 Å². The van der Waals surface area contributed by atoms with E-state index in [1.54, 1.807) is 0 Å². The van der Waals surface area contributed by atoms with Crippen molar-refractivity contribution in [2.24, 2.45) is 0 Å². The molecule has 0 bridgehead atoms. The Morgan fingerprint density at radius 1 is 1.31 bits per heavy atom. The van der Waals surface area contributed by atoms with Gasteiger partial charge in [-0.2, -0.15) is 13.2 Å². The van der Waals surface area contributed by atoms with Crippen LogP contribution in [0.3, 0.4) is 0 Å². The quantitative estimate of drug-likeness (QED) is 0.578. The lowest BCUT2D eigenvalue weighted by molar-refractivity contribution is -0.137. The molecule has 1 rings (SSSR count). The van der Waals surface area contributed by atoms with Gasteiger partial charge >= 0.3 is 6.18 Å². The first-order valence-corrected chi connectivity index (χ1v) is 4.45. The number of aldehydes is 1. The first-order chi connectivity index (χ1) is 7.27. The van der Waals surface area contributed by atoms with Gasteiger partial charge in [0.05, 0.1) is 5.56 Å². The average Bonchev–Trinajstić information content (AvgIpc) is 2.15. The van der Waals surface area contributed by atoms with Crippen LogP contribution in [-0.4, -0.2) is 12.1 Å². The van der Waals surface area contributed by atoms with Crippen LogP contribution in [0.2, 0.25) is 0 Å². The summed E-state index contributed by atoms with van der Waals surface area (Å²) in [5.74, 6) is -0.494. The third kappa shape index (κ3) is 2.29. The Bertz CT molecular complexity index is 447. The van der Waals surface area contributed by atoms with E-state index < -0.39 is 17.5 Å². The third-order valence-corrected chi connectivity index (χ3v) is 2.28. The largest absolute Gasteiger partial charge is 0.416 e. The number of halogens is 3. The summed E-state index contributed by atoms with van der Waals surface area (Å²) in [6, 6.07) is 1.51. The van der Waals surface area contributed by atoms with Crippen molar-refractivity contribution in [2.45, 2.75) is 20.0 Å². The van der Waals surface area contributed by atoms with Gasteiger partial charge in [-0.25, -0.2) is 0 Å². The molecule has 0 unspecified atom stereocenters. The van der Waals surface area contributed by atoms with Crippen LogP contribution in [0.5, 0.6) is 0 Å². The summed E-state index contributed by atoms with van der Waals surface area (Å²) < 4.78 is 37.4. The monoisotopic (exact) mass is 230 g/mol. The molecule has 16 heavy (non-hydrogen) atoms. The number of carbonyl (C=O) groups is 2. The maximum absolute atomic E-state index is 12.5. The van der Waals surface area contributed by atoms with Crippen LogP contribution in [0.25, 0.3) is 0 Å². The van der Waals surface area contributed by atoms with E-state index in [1.807, 2.05) is 0 Å². The Labute approximate surface area is 90.1 Å². The summed E-state index contributed by atoms with van der Waals surface area (Å²) in [5.41, 5.74) is -0.891. The van der Waals surface area contributed by atoms with Gasteiger partial charge in [0.1, 0.15) is 6.29 Å². The van der Waals surface area contributed by atoms with Crippen molar-refractivity contribution < 1.29 is 22.8 Å². The normalized spacial score (nSPS) is 11.3. The van der Waals surface area contributed by atoms with Crippen molar-refractivity contribution >= 4 is 12.1 Å². The molecule has 86 valence electrons. The Hall–Kier alpha value is -1.65. The highest BCUT2D eigenvalue weighted by Gasteiger charge is 2.32. The van der Waals surface area contributed by atoms with Crippen LogP contribution in [-0.2, 0) is 6.18 Å². The molecule has 2 nitrogen and oxygen atoms in total. The number of carbonyl (C=O) groups excluding carboxylic acids is 2. The summed E-state index contributed by atoms with van der Waals surface area (Å²) in [5, 5.41) is 0. The molecule has 0 atom stereocenters. The van der Waals surface area contributed by atoms with Crippen LogP contribution in [0.15, 0.2) is 12.1 Å². The molecule has 1 aromatic rings. The van der Waals surface area contributed by atoms with Crippen LogP contribution >= 0.6 is 0 Å². The molecule has 0 aliphatic rings. The number of benzene rings is 1. The second kappa shape index (κ2) is 4.08. The van der Waals surface area contributed by atoms with Gasteiger partial charge in [-0.05, 0) is 31.5 Å². The second-order valence-corrected chi connectivity index (χ2v) is 3.41. The number of alkyl halides is 3. The molecule has 0 fully saturated rings. The molecule has 0 amide bonds. The molecule has 0 aliphatic heterocycles. The van der Waals surface area contributed by atoms with Gasteiger partial charge < -0.3 is 0 Å². The maximum Gasteiger partial charge on any atom is 0.416 e. The SMILES string of the molecule is CC(=O)c1cc(C(F)(F)F)cc(C=O)c1C. The van der Waals surface area contributed by atoms with Gasteiger partial charge in [-0.3, -0.25) is 9.59 Å². The molecule has 0 saturated heterocycles. The van der Waals surface area contributed by atoms with Crippen LogP contribution in [0.1, 0.15) is 38.8 Å². The van der Waals surface area contributed by atoms with E-state index in [2.05, 4.69) is 0 Å². The molecule has 0 heterocycles. The highest BCUT2D eigenvalue weighted by atomic mass is 19.4. The van der Waals surface area contributed by atoms with Crippen LogP contribution < -0.4 is 0 Å². The Kier molecular flexibility index (Phi) is 3.16. The van der Waals surface area contributed by atoms with Gasteiger partial charge in [-0.1, -0.05) is 0 Å². The predicted molar refractivity (Wildman–Crippen MR) is 51.6 cm³/mol. The fourth-order valence-corrected chi connectivity index (χ4v) is 1.39. The highest BCUT2D eigenvalue weighted by molar-refractivity contribution is 5.98. The minimum atomic E-state index is -4.56. The van der Waals surface area contributed by atoms with Crippen molar-refractivity contribution in [3.63, 3.8) is 0 Å². The van der Waals surface area contributed by atoms with E-state index in [1.165, 1.54) is 6.92 Å². The molecule has 0 N–H and O–H groups in total. The van der Waals surface area contributed by atoms with E-state index in [4.69, 9.17) is 0 Å². The Morgan fingerprint density at radius 3 is 2.25 bits per heavy atom. The second-order valence-electron chi connectivity index (χ2n) is 3.41. The number of Topliss-reactive ketones (excluding diaryl/α,β-unsaturated/α-hetero) is 1. The zero-order valence-corrected chi connectivity index (χ0v) is 8.68. The highest BCUT2D eigenvalue weighted by Crippen LogP contribution is 2.31. The first kappa shape index (κ1) is 12.4. The summed E-state index contributed by atoms with van der Waals surface area (Å²) >= 11 is 0.